The second-order valence-electron chi connectivity index (χ2n) is 7.35. The molecule has 0 bridgehead atoms. The van der Waals surface area contributed by atoms with Crippen molar-refractivity contribution in [3.63, 3.8) is 0 Å². The number of rotatable bonds is 5. The van der Waals surface area contributed by atoms with E-state index >= 15 is 0 Å². The number of fused-ring (bicyclic) bond motifs is 1. The van der Waals surface area contributed by atoms with E-state index in [0.29, 0.717) is 30.2 Å². The molecule has 2 aliphatic heterocycles. The number of hydrogen-bond acceptors (Lipinski definition) is 5. The predicted molar refractivity (Wildman–Crippen MR) is 106 cm³/mol. The quantitative estimate of drug-likeness (QED) is 0.662. The summed E-state index contributed by atoms with van der Waals surface area (Å²) in [6.45, 7) is 4.51. The number of nitrogens with one attached hydrogen (secondary N) is 3. The van der Waals surface area contributed by atoms with Crippen LogP contribution in [0.5, 0.6) is 0 Å². The summed E-state index contributed by atoms with van der Waals surface area (Å²) in [5.41, 5.74) is 1.52. The maximum atomic E-state index is 14.4. The van der Waals surface area contributed by atoms with Crippen LogP contribution in [0.3, 0.4) is 0 Å². The molecule has 3 N–H and O–H groups in total. The van der Waals surface area contributed by atoms with Gasteiger partial charge in [-0.25, -0.2) is 8.78 Å². The molecule has 2 heterocycles. The van der Waals surface area contributed by atoms with Gasteiger partial charge in [-0.1, -0.05) is 6.07 Å². The molecule has 8 heteroatoms. The third-order valence-electron chi connectivity index (χ3n) is 4.72. The van der Waals surface area contributed by atoms with Crippen LogP contribution in [0.15, 0.2) is 42.6 Å². The van der Waals surface area contributed by atoms with Crippen LogP contribution < -0.4 is 16.0 Å². The van der Waals surface area contributed by atoms with Crippen molar-refractivity contribution in [2.24, 2.45) is 0 Å². The predicted octanol–water partition coefficient (Wildman–Crippen LogP) is 3.93. The minimum absolute atomic E-state index is 0.154. The van der Waals surface area contributed by atoms with Crippen LogP contribution in [0.2, 0.25) is 0 Å². The molecule has 6 nitrogen and oxygen atoms in total. The Morgan fingerprint density at radius 2 is 2.07 bits per heavy atom. The summed E-state index contributed by atoms with van der Waals surface area (Å²) >= 11 is 0. The molecular formula is C21H21F2N3O3. The zero-order valence-electron chi connectivity index (χ0n) is 16.0. The summed E-state index contributed by atoms with van der Waals surface area (Å²) < 4.78 is 39.7. The summed E-state index contributed by atoms with van der Waals surface area (Å²) in [6, 6.07) is 8.97. The van der Waals surface area contributed by atoms with Crippen molar-refractivity contribution in [3.8, 4) is 0 Å². The highest BCUT2D eigenvalue weighted by atomic mass is 19.1. The van der Waals surface area contributed by atoms with Gasteiger partial charge in [-0.05, 0) is 44.2 Å². The summed E-state index contributed by atoms with van der Waals surface area (Å²) in [5, 5.41) is 8.47. The van der Waals surface area contributed by atoms with Gasteiger partial charge in [0.25, 0.3) is 5.91 Å². The van der Waals surface area contributed by atoms with E-state index in [4.69, 9.17) is 9.47 Å². The number of benzene rings is 2. The monoisotopic (exact) mass is 401 g/mol. The minimum Gasteiger partial charge on any atom is -0.380 e. The minimum atomic E-state index is -0.628. The van der Waals surface area contributed by atoms with Crippen molar-refractivity contribution < 1.29 is 23.0 Å². The summed E-state index contributed by atoms with van der Waals surface area (Å²) in [5.74, 6) is -2.01. The first-order valence-electron chi connectivity index (χ1n) is 9.24. The van der Waals surface area contributed by atoms with Gasteiger partial charge in [0.2, 0.25) is 0 Å². The Bertz CT molecular complexity index is 991. The van der Waals surface area contributed by atoms with Crippen molar-refractivity contribution in [2.75, 3.05) is 29.1 Å². The van der Waals surface area contributed by atoms with E-state index in [-0.39, 0.29) is 17.2 Å². The molecule has 1 amide bonds. The van der Waals surface area contributed by atoms with E-state index in [9.17, 15) is 13.6 Å². The normalized spacial score (nSPS) is 21.2. The summed E-state index contributed by atoms with van der Waals surface area (Å²) in [4.78, 5) is 12.1. The Balaban J connectivity index is 1.43. The van der Waals surface area contributed by atoms with Crippen molar-refractivity contribution in [2.45, 2.75) is 25.7 Å². The van der Waals surface area contributed by atoms with E-state index < -0.39 is 23.3 Å². The van der Waals surface area contributed by atoms with Crippen LogP contribution in [-0.2, 0) is 14.3 Å². The van der Waals surface area contributed by atoms with Gasteiger partial charge in [-0.15, -0.1) is 0 Å². The van der Waals surface area contributed by atoms with Gasteiger partial charge >= 0.3 is 0 Å². The van der Waals surface area contributed by atoms with Crippen molar-refractivity contribution in [3.05, 3.63) is 59.8 Å². The molecule has 0 aromatic heterocycles. The first-order valence-corrected chi connectivity index (χ1v) is 9.24. The summed E-state index contributed by atoms with van der Waals surface area (Å²) in [7, 11) is 0. The second kappa shape index (κ2) is 7.46. The molecule has 2 aromatic rings. The van der Waals surface area contributed by atoms with Crippen molar-refractivity contribution in [1.82, 2.24) is 0 Å². The fourth-order valence-corrected chi connectivity index (χ4v) is 3.33. The highest BCUT2D eigenvalue weighted by Gasteiger charge is 2.32. The Labute approximate surface area is 166 Å². The first kappa shape index (κ1) is 19.4. The van der Waals surface area contributed by atoms with Crippen molar-refractivity contribution in [1.29, 1.82) is 0 Å². The van der Waals surface area contributed by atoms with Crippen LogP contribution in [0.4, 0.5) is 25.8 Å². The Kier molecular flexibility index (Phi) is 4.97. The zero-order valence-corrected chi connectivity index (χ0v) is 16.0. The number of hydrogen-bond donors (Lipinski definition) is 3. The number of ether oxygens (including phenoxy) is 2. The van der Waals surface area contributed by atoms with E-state index in [2.05, 4.69) is 16.0 Å². The molecule has 1 unspecified atom stereocenters. The maximum Gasteiger partial charge on any atom is 0.257 e. The second-order valence-corrected chi connectivity index (χ2v) is 7.35. The van der Waals surface area contributed by atoms with Crippen LogP contribution in [-0.4, -0.2) is 30.9 Å². The van der Waals surface area contributed by atoms with Gasteiger partial charge in [0.1, 0.15) is 17.7 Å². The smallest absolute Gasteiger partial charge is 0.257 e. The van der Waals surface area contributed by atoms with Gasteiger partial charge in [-0.3, -0.25) is 4.79 Å². The molecular weight excluding hydrogens is 380 g/mol. The van der Waals surface area contributed by atoms with Gasteiger partial charge in [0, 0.05) is 24.0 Å². The molecule has 2 aromatic carbocycles. The maximum absolute atomic E-state index is 14.4. The van der Waals surface area contributed by atoms with Gasteiger partial charge < -0.3 is 25.4 Å². The van der Waals surface area contributed by atoms with Gasteiger partial charge in [-0.2, -0.15) is 0 Å². The topological polar surface area (TPSA) is 71.6 Å². The van der Waals surface area contributed by atoms with E-state index in [1.54, 1.807) is 18.2 Å². The van der Waals surface area contributed by atoms with Crippen LogP contribution >= 0.6 is 0 Å². The third-order valence-corrected chi connectivity index (χ3v) is 4.72. The van der Waals surface area contributed by atoms with E-state index in [1.807, 2.05) is 13.8 Å². The van der Waals surface area contributed by atoms with Crippen LogP contribution in [0.25, 0.3) is 5.57 Å². The molecule has 2 aliphatic rings. The lowest BCUT2D eigenvalue weighted by atomic mass is 10.1. The molecule has 1 saturated heterocycles. The highest BCUT2D eigenvalue weighted by molar-refractivity contribution is 6.31. The molecule has 29 heavy (non-hydrogen) atoms. The standard InChI is InChI=1S/C21H21F2N3O3/c1-21(2)28-11-13(29-21)9-25-17-7-6-12(8-16(17)23)24-10-14-19-15(22)4-3-5-18(19)26-20(14)27/h3-8,10,13,24-25H,9,11H2,1-2H3,(H,26,27)/b14-10+. The van der Waals surface area contributed by atoms with Gasteiger partial charge in [0.05, 0.1) is 23.6 Å². The molecule has 0 spiro atoms. The molecule has 0 radical (unpaired) electrons. The number of carbonyl (C=O) groups is 1. The van der Waals surface area contributed by atoms with Crippen molar-refractivity contribution >= 4 is 28.5 Å². The largest absolute Gasteiger partial charge is 0.380 e. The third kappa shape index (κ3) is 4.08. The number of amides is 1. The lowest BCUT2D eigenvalue weighted by Crippen LogP contribution is -2.26. The Morgan fingerprint density at radius 3 is 2.79 bits per heavy atom. The number of anilines is 3. The lowest BCUT2D eigenvalue weighted by molar-refractivity contribution is -0.136. The average molecular weight is 401 g/mol. The molecule has 0 aliphatic carbocycles. The van der Waals surface area contributed by atoms with E-state index in [1.165, 1.54) is 24.4 Å². The molecule has 4 rings (SSSR count). The highest BCUT2D eigenvalue weighted by Crippen LogP contribution is 2.33. The molecule has 1 atom stereocenters. The molecule has 152 valence electrons. The Hall–Kier alpha value is -2.97. The molecule has 0 saturated carbocycles. The SMILES string of the molecule is CC1(C)OCC(CNc2ccc(N/C=C3/C(=O)Nc4cccc(F)c43)cc2F)O1. The zero-order chi connectivity index (χ0) is 20.6. The van der Waals surface area contributed by atoms with E-state index in [0.717, 1.165) is 0 Å². The fraction of sp³-hybridized carbons (Fsp3) is 0.286. The fourth-order valence-electron chi connectivity index (χ4n) is 3.33. The van der Waals surface area contributed by atoms with Crippen LogP contribution in [0.1, 0.15) is 19.4 Å². The Morgan fingerprint density at radius 1 is 1.24 bits per heavy atom. The van der Waals surface area contributed by atoms with Gasteiger partial charge in [0.15, 0.2) is 5.79 Å². The first-order chi connectivity index (χ1) is 13.8. The molecule has 1 fully saturated rings. The lowest BCUT2D eigenvalue weighted by Gasteiger charge is -2.17. The average Bonchev–Trinajstić information content (AvgIpc) is 3.18. The van der Waals surface area contributed by atoms with Crippen LogP contribution in [0, 0.1) is 11.6 Å². The number of halogens is 2. The summed E-state index contributed by atoms with van der Waals surface area (Å²) in [6.07, 6.45) is 1.21. The number of carbonyl (C=O) groups excluding carboxylic acids is 1.